The van der Waals surface area contributed by atoms with E-state index in [4.69, 9.17) is 4.52 Å². The second kappa shape index (κ2) is 4.30. The van der Waals surface area contributed by atoms with E-state index in [9.17, 15) is 0 Å². The lowest BCUT2D eigenvalue weighted by atomic mass is 10.0. The second-order valence-electron chi connectivity index (χ2n) is 4.36. The van der Waals surface area contributed by atoms with E-state index in [2.05, 4.69) is 34.5 Å². The Bertz CT molecular complexity index is 500. The highest BCUT2D eigenvalue weighted by atomic mass is 16.5. The van der Waals surface area contributed by atoms with Gasteiger partial charge < -0.3 is 9.84 Å². The van der Waals surface area contributed by atoms with Crippen LogP contribution < -0.4 is 5.32 Å². The van der Waals surface area contributed by atoms with Crippen LogP contribution in [-0.4, -0.2) is 23.2 Å². The SMILES string of the molecule is CCc1ccc(-c2noc(C3CNC3)n2)cc1. The van der Waals surface area contributed by atoms with Crippen molar-refractivity contribution in [1.29, 1.82) is 0 Å². The molecule has 0 spiro atoms. The zero-order valence-electron chi connectivity index (χ0n) is 9.81. The molecular weight excluding hydrogens is 214 g/mol. The molecule has 0 unspecified atom stereocenters. The molecule has 0 aliphatic carbocycles. The number of rotatable bonds is 3. The van der Waals surface area contributed by atoms with Crippen LogP contribution in [0.3, 0.4) is 0 Å². The highest BCUT2D eigenvalue weighted by molar-refractivity contribution is 5.54. The van der Waals surface area contributed by atoms with Crippen molar-refractivity contribution < 1.29 is 4.52 Å². The third-order valence-corrected chi connectivity index (χ3v) is 3.19. The van der Waals surface area contributed by atoms with E-state index < -0.39 is 0 Å². The summed E-state index contributed by atoms with van der Waals surface area (Å²) in [4.78, 5) is 4.44. The highest BCUT2D eigenvalue weighted by Gasteiger charge is 2.25. The molecule has 2 aromatic rings. The molecule has 1 aromatic carbocycles. The predicted octanol–water partition coefficient (Wildman–Crippen LogP) is 1.99. The third kappa shape index (κ3) is 1.96. The zero-order valence-corrected chi connectivity index (χ0v) is 9.81. The van der Waals surface area contributed by atoms with Gasteiger partial charge in [0.2, 0.25) is 11.7 Å². The summed E-state index contributed by atoms with van der Waals surface area (Å²) in [6.07, 6.45) is 1.05. The first kappa shape index (κ1) is 10.5. The third-order valence-electron chi connectivity index (χ3n) is 3.19. The summed E-state index contributed by atoms with van der Waals surface area (Å²) in [6.45, 7) is 4.03. The molecule has 2 heterocycles. The van der Waals surface area contributed by atoms with Crippen molar-refractivity contribution in [2.75, 3.05) is 13.1 Å². The van der Waals surface area contributed by atoms with Crippen LogP contribution in [0.5, 0.6) is 0 Å². The number of hydrogen-bond acceptors (Lipinski definition) is 4. The van der Waals surface area contributed by atoms with Gasteiger partial charge in [0.25, 0.3) is 0 Å². The fraction of sp³-hybridized carbons (Fsp3) is 0.385. The Morgan fingerprint density at radius 3 is 2.65 bits per heavy atom. The number of nitrogens with one attached hydrogen (secondary N) is 1. The van der Waals surface area contributed by atoms with Crippen molar-refractivity contribution >= 4 is 0 Å². The molecule has 4 nitrogen and oxygen atoms in total. The number of nitrogens with zero attached hydrogens (tertiary/aromatic N) is 2. The first-order valence-corrected chi connectivity index (χ1v) is 6.00. The van der Waals surface area contributed by atoms with Gasteiger partial charge in [-0.25, -0.2) is 0 Å². The fourth-order valence-electron chi connectivity index (χ4n) is 1.87. The van der Waals surface area contributed by atoms with E-state index >= 15 is 0 Å². The summed E-state index contributed by atoms with van der Waals surface area (Å²) in [7, 11) is 0. The van der Waals surface area contributed by atoms with Gasteiger partial charge in [-0.3, -0.25) is 0 Å². The van der Waals surface area contributed by atoms with Gasteiger partial charge in [-0.1, -0.05) is 36.3 Å². The molecule has 1 N–H and O–H groups in total. The van der Waals surface area contributed by atoms with Crippen LogP contribution in [-0.2, 0) is 6.42 Å². The van der Waals surface area contributed by atoms with Crippen molar-refractivity contribution in [3.63, 3.8) is 0 Å². The van der Waals surface area contributed by atoms with Crippen LogP contribution in [0, 0.1) is 0 Å². The average molecular weight is 229 g/mol. The molecule has 3 rings (SSSR count). The first-order valence-electron chi connectivity index (χ1n) is 6.00. The molecule has 4 heteroatoms. The van der Waals surface area contributed by atoms with Crippen LogP contribution in [0.2, 0.25) is 0 Å². The average Bonchev–Trinajstić information content (AvgIpc) is 2.76. The van der Waals surface area contributed by atoms with E-state index in [-0.39, 0.29) is 0 Å². The van der Waals surface area contributed by atoms with Crippen molar-refractivity contribution in [2.24, 2.45) is 0 Å². The van der Waals surface area contributed by atoms with Gasteiger partial charge in [-0.2, -0.15) is 4.98 Å². The molecule has 1 aromatic heterocycles. The molecule has 0 bridgehead atoms. The number of benzene rings is 1. The summed E-state index contributed by atoms with van der Waals surface area (Å²) >= 11 is 0. The lowest BCUT2D eigenvalue weighted by Crippen LogP contribution is -2.40. The topological polar surface area (TPSA) is 51.0 Å². The Morgan fingerprint density at radius 2 is 2.06 bits per heavy atom. The number of hydrogen-bond donors (Lipinski definition) is 1. The molecule has 0 saturated carbocycles. The van der Waals surface area contributed by atoms with Crippen LogP contribution in [0.25, 0.3) is 11.4 Å². The lowest BCUT2D eigenvalue weighted by Gasteiger charge is -2.22. The maximum Gasteiger partial charge on any atom is 0.232 e. The Kier molecular flexibility index (Phi) is 2.65. The van der Waals surface area contributed by atoms with Crippen molar-refractivity contribution in [3.8, 4) is 11.4 Å². The maximum absolute atomic E-state index is 5.28. The lowest BCUT2D eigenvalue weighted by molar-refractivity contribution is 0.308. The van der Waals surface area contributed by atoms with Crippen LogP contribution >= 0.6 is 0 Å². The van der Waals surface area contributed by atoms with Gasteiger partial charge in [0.05, 0.1) is 5.92 Å². The Labute approximate surface area is 100 Å². The minimum atomic E-state index is 0.395. The first-order chi connectivity index (χ1) is 8.36. The number of aromatic nitrogens is 2. The molecule has 1 aliphatic heterocycles. The van der Waals surface area contributed by atoms with Gasteiger partial charge in [-0.05, 0) is 12.0 Å². The Hall–Kier alpha value is -1.68. The van der Waals surface area contributed by atoms with Gasteiger partial charge >= 0.3 is 0 Å². The van der Waals surface area contributed by atoms with E-state index in [0.29, 0.717) is 11.7 Å². The van der Waals surface area contributed by atoms with Gasteiger partial charge in [-0.15, -0.1) is 0 Å². The minimum absolute atomic E-state index is 0.395. The van der Waals surface area contributed by atoms with E-state index in [1.165, 1.54) is 5.56 Å². The molecule has 1 aliphatic rings. The van der Waals surface area contributed by atoms with Gasteiger partial charge in [0.1, 0.15) is 0 Å². The highest BCUT2D eigenvalue weighted by Crippen LogP contribution is 2.22. The second-order valence-corrected chi connectivity index (χ2v) is 4.36. The van der Waals surface area contributed by atoms with Gasteiger partial charge in [0, 0.05) is 18.7 Å². The summed E-state index contributed by atoms with van der Waals surface area (Å²) < 4.78 is 5.28. The van der Waals surface area contributed by atoms with Crippen LogP contribution in [0.15, 0.2) is 28.8 Å². The van der Waals surface area contributed by atoms with Crippen LogP contribution in [0.4, 0.5) is 0 Å². The van der Waals surface area contributed by atoms with Crippen molar-refractivity contribution in [2.45, 2.75) is 19.3 Å². The molecule has 0 amide bonds. The summed E-state index contributed by atoms with van der Waals surface area (Å²) in [5.41, 5.74) is 2.34. The monoisotopic (exact) mass is 229 g/mol. The molecule has 1 saturated heterocycles. The Balaban J connectivity index is 1.84. The molecule has 17 heavy (non-hydrogen) atoms. The maximum atomic E-state index is 5.28. The smallest absolute Gasteiger partial charge is 0.232 e. The normalized spacial score (nSPS) is 15.8. The summed E-state index contributed by atoms with van der Waals surface area (Å²) in [6, 6.07) is 8.31. The van der Waals surface area contributed by atoms with Crippen molar-refractivity contribution in [3.05, 3.63) is 35.7 Å². The summed E-state index contributed by atoms with van der Waals surface area (Å²) in [5.74, 6) is 1.83. The molecular formula is C13H15N3O. The number of aryl methyl sites for hydroxylation is 1. The fourth-order valence-corrected chi connectivity index (χ4v) is 1.87. The molecule has 0 atom stereocenters. The van der Waals surface area contributed by atoms with Gasteiger partial charge in [0.15, 0.2) is 0 Å². The Morgan fingerprint density at radius 1 is 1.29 bits per heavy atom. The standard InChI is InChI=1S/C13H15N3O/c1-2-9-3-5-10(6-4-9)12-15-13(17-16-12)11-7-14-8-11/h3-6,11,14H,2,7-8H2,1H3. The predicted molar refractivity (Wildman–Crippen MR) is 64.7 cm³/mol. The van der Waals surface area contributed by atoms with Crippen molar-refractivity contribution in [1.82, 2.24) is 15.5 Å². The quantitative estimate of drug-likeness (QED) is 0.874. The van der Waals surface area contributed by atoms with Crippen LogP contribution in [0.1, 0.15) is 24.3 Å². The van der Waals surface area contributed by atoms with E-state index in [0.717, 1.165) is 31.0 Å². The zero-order chi connectivity index (χ0) is 11.7. The summed E-state index contributed by atoms with van der Waals surface area (Å²) in [5, 5.41) is 7.23. The molecule has 0 radical (unpaired) electrons. The van der Waals surface area contributed by atoms with E-state index in [1.54, 1.807) is 0 Å². The minimum Gasteiger partial charge on any atom is -0.339 e. The molecule has 1 fully saturated rings. The van der Waals surface area contributed by atoms with E-state index in [1.807, 2.05) is 12.1 Å². The largest absolute Gasteiger partial charge is 0.339 e. The molecule has 88 valence electrons.